The second kappa shape index (κ2) is 9.83. The first-order valence-electron chi connectivity index (χ1n) is 10.4. The number of aliphatic carboxylic acids is 1. The zero-order valence-electron chi connectivity index (χ0n) is 17.7. The van der Waals surface area contributed by atoms with E-state index in [2.05, 4.69) is 16.4 Å². The highest BCUT2D eigenvalue weighted by Gasteiger charge is 2.12. The van der Waals surface area contributed by atoms with Crippen molar-refractivity contribution in [1.82, 2.24) is 4.98 Å². The molecule has 1 atom stereocenters. The minimum Gasteiger partial charge on any atom is -0.487 e. The SMILES string of the molecule is CC(Oc1ccc(CNc2cccc(OCc3ccc4ccccc4n3)c2)cc1)C(=O)O. The van der Waals surface area contributed by atoms with Gasteiger partial charge in [0, 0.05) is 23.7 Å². The van der Waals surface area contributed by atoms with Crippen molar-refractivity contribution in [3.63, 3.8) is 0 Å². The molecule has 32 heavy (non-hydrogen) atoms. The summed E-state index contributed by atoms with van der Waals surface area (Å²) < 4.78 is 11.3. The standard InChI is InChI=1S/C26H24N2O4/c1-18(26(29)30)32-23-13-9-19(10-14-23)16-27-21-6-4-7-24(15-21)31-17-22-12-11-20-5-2-3-8-25(20)28-22/h2-15,18,27H,16-17H2,1H3,(H,29,30). The first-order chi connectivity index (χ1) is 15.6. The van der Waals surface area contributed by atoms with Crippen molar-refractivity contribution in [1.29, 1.82) is 0 Å². The molecule has 0 fully saturated rings. The number of carbonyl (C=O) groups is 1. The van der Waals surface area contributed by atoms with Gasteiger partial charge in [0.2, 0.25) is 0 Å². The van der Waals surface area contributed by atoms with Crippen molar-refractivity contribution >= 4 is 22.6 Å². The van der Waals surface area contributed by atoms with Crippen LogP contribution in [0.3, 0.4) is 0 Å². The van der Waals surface area contributed by atoms with Crippen LogP contribution < -0.4 is 14.8 Å². The summed E-state index contributed by atoms with van der Waals surface area (Å²) in [6.45, 7) is 2.51. The molecule has 6 heteroatoms. The van der Waals surface area contributed by atoms with E-state index in [-0.39, 0.29) is 0 Å². The molecule has 1 unspecified atom stereocenters. The summed E-state index contributed by atoms with van der Waals surface area (Å²) in [4.78, 5) is 15.5. The summed E-state index contributed by atoms with van der Waals surface area (Å²) in [6, 6.07) is 27.2. The van der Waals surface area contributed by atoms with Gasteiger partial charge in [-0.25, -0.2) is 9.78 Å². The summed E-state index contributed by atoms with van der Waals surface area (Å²) in [5.41, 5.74) is 3.82. The normalized spacial score (nSPS) is 11.7. The van der Waals surface area contributed by atoms with E-state index in [0.717, 1.165) is 33.6 Å². The lowest BCUT2D eigenvalue weighted by Crippen LogP contribution is -2.22. The molecular formula is C26H24N2O4. The van der Waals surface area contributed by atoms with Gasteiger partial charge in [-0.3, -0.25) is 0 Å². The number of fused-ring (bicyclic) bond motifs is 1. The number of aromatic nitrogens is 1. The van der Waals surface area contributed by atoms with E-state index in [0.29, 0.717) is 18.9 Å². The smallest absolute Gasteiger partial charge is 0.344 e. The minimum atomic E-state index is -0.991. The van der Waals surface area contributed by atoms with Gasteiger partial charge in [-0.2, -0.15) is 0 Å². The number of nitrogens with one attached hydrogen (secondary N) is 1. The van der Waals surface area contributed by atoms with Crippen molar-refractivity contribution in [3.8, 4) is 11.5 Å². The third-order valence-corrected chi connectivity index (χ3v) is 4.96. The maximum atomic E-state index is 10.9. The zero-order valence-corrected chi connectivity index (χ0v) is 17.7. The van der Waals surface area contributed by atoms with Crippen LogP contribution >= 0.6 is 0 Å². The van der Waals surface area contributed by atoms with E-state index >= 15 is 0 Å². The summed E-state index contributed by atoms with van der Waals surface area (Å²) >= 11 is 0. The Labute approximate surface area is 186 Å². The Kier molecular flexibility index (Phi) is 6.51. The number of ether oxygens (including phenoxy) is 2. The number of carboxylic acid groups (broad SMARTS) is 1. The third kappa shape index (κ3) is 5.55. The highest BCUT2D eigenvalue weighted by Crippen LogP contribution is 2.21. The Morgan fingerprint density at radius 2 is 1.78 bits per heavy atom. The molecule has 0 radical (unpaired) electrons. The largest absolute Gasteiger partial charge is 0.487 e. The molecule has 1 heterocycles. The van der Waals surface area contributed by atoms with Crippen LogP contribution in [0.5, 0.6) is 11.5 Å². The van der Waals surface area contributed by atoms with Gasteiger partial charge in [-0.1, -0.05) is 42.5 Å². The van der Waals surface area contributed by atoms with Gasteiger partial charge in [0.25, 0.3) is 0 Å². The number of benzene rings is 3. The van der Waals surface area contributed by atoms with Gasteiger partial charge in [0.15, 0.2) is 6.10 Å². The Bertz CT molecular complexity index is 1210. The van der Waals surface area contributed by atoms with Crippen LogP contribution in [0.25, 0.3) is 10.9 Å². The molecule has 0 amide bonds. The van der Waals surface area contributed by atoms with E-state index in [9.17, 15) is 4.79 Å². The van der Waals surface area contributed by atoms with Gasteiger partial charge in [0.05, 0.1) is 11.2 Å². The second-order valence-electron chi connectivity index (χ2n) is 7.41. The number of hydrogen-bond acceptors (Lipinski definition) is 5. The highest BCUT2D eigenvalue weighted by atomic mass is 16.5. The van der Waals surface area contributed by atoms with Crippen LogP contribution in [0.2, 0.25) is 0 Å². The number of anilines is 1. The molecule has 0 aliphatic heterocycles. The molecule has 0 bridgehead atoms. The molecule has 0 aliphatic carbocycles. The predicted octanol–water partition coefficient (Wildman–Crippen LogP) is 5.28. The molecule has 4 aromatic rings. The third-order valence-electron chi connectivity index (χ3n) is 4.96. The molecule has 162 valence electrons. The van der Waals surface area contributed by atoms with Crippen molar-refractivity contribution in [2.24, 2.45) is 0 Å². The Hall–Kier alpha value is -4.06. The lowest BCUT2D eigenvalue weighted by Gasteiger charge is -2.12. The van der Waals surface area contributed by atoms with Crippen LogP contribution in [0.1, 0.15) is 18.2 Å². The quantitative estimate of drug-likeness (QED) is 0.378. The predicted molar refractivity (Wildman–Crippen MR) is 124 cm³/mol. The molecule has 1 aromatic heterocycles. The number of para-hydroxylation sites is 1. The molecule has 0 saturated heterocycles. The monoisotopic (exact) mass is 428 g/mol. The fraction of sp³-hybridized carbons (Fsp3) is 0.154. The Morgan fingerprint density at radius 1 is 0.969 bits per heavy atom. The first kappa shape index (κ1) is 21.2. The molecule has 2 N–H and O–H groups in total. The van der Waals surface area contributed by atoms with Gasteiger partial charge in [-0.15, -0.1) is 0 Å². The molecule has 0 spiro atoms. The van der Waals surface area contributed by atoms with Crippen LogP contribution in [0.4, 0.5) is 5.69 Å². The van der Waals surface area contributed by atoms with E-state index < -0.39 is 12.1 Å². The zero-order chi connectivity index (χ0) is 22.3. The van der Waals surface area contributed by atoms with Crippen LogP contribution in [-0.2, 0) is 17.9 Å². The summed E-state index contributed by atoms with van der Waals surface area (Å²) in [5, 5.41) is 13.4. The average Bonchev–Trinajstić information content (AvgIpc) is 2.82. The van der Waals surface area contributed by atoms with Crippen LogP contribution in [0, 0.1) is 0 Å². The minimum absolute atomic E-state index is 0.393. The van der Waals surface area contributed by atoms with Crippen molar-refractivity contribution in [2.45, 2.75) is 26.2 Å². The van der Waals surface area contributed by atoms with E-state index in [1.54, 1.807) is 12.1 Å². The van der Waals surface area contributed by atoms with Gasteiger partial charge in [0.1, 0.15) is 18.1 Å². The molecule has 3 aromatic carbocycles. The lowest BCUT2D eigenvalue weighted by molar-refractivity contribution is -0.144. The van der Waals surface area contributed by atoms with Crippen LogP contribution in [-0.4, -0.2) is 22.2 Å². The number of rotatable bonds is 9. The van der Waals surface area contributed by atoms with Crippen molar-refractivity contribution in [2.75, 3.05) is 5.32 Å². The van der Waals surface area contributed by atoms with Crippen LogP contribution in [0.15, 0.2) is 84.9 Å². The number of hydrogen-bond donors (Lipinski definition) is 2. The Balaban J connectivity index is 1.32. The molecule has 0 saturated carbocycles. The number of carboxylic acids is 1. The first-order valence-corrected chi connectivity index (χ1v) is 10.4. The fourth-order valence-electron chi connectivity index (χ4n) is 3.19. The topological polar surface area (TPSA) is 80.7 Å². The van der Waals surface area contributed by atoms with E-state index in [1.165, 1.54) is 6.92 Å². The summed E-state index contributed by atoms with van der Waals surface area (Å²) in [6.07, 6.45) is -0.883. The fourth-order valence-corrected chi connectivity index (χ4v) is 3.19. The van der Waals surface area contributed by atoms with Gasteiger partial charge in [-0.05, 0) is 48.9 Å². The molecule has 6 nitrogen and oxygen atoms in total. The maximum absolute atomic E-state index is 10.9. The van der Waals surface area contributed by atoms with Gasteiger partial charge >= 0.3 is 5.97 Å². The highest BCUT2D eigenvalue weighted by molar-refractivity contribution is 5.78. The number of pyridine rings is 1. The number of nitrogens with zero attached hydrogens (tertiary/aromatic N) is 1. The average molecular weight is 428 g/mol. The second-order valence-corrected chi connectivity index (χ2v) is 7.41. The van der Waals surface area contributed by atoms with Gasteiger partial charge < -0.3 is 19.9 Å². The maximum Gasteiger partial charge on any atom is 0.344 e. The molecule has 0 aliphatic rings. The van der Waals surface area contributed by atoms with E-state index in [4.69, 9.17) is 14.6 Å². The lowest BCUT2D eigenvalue weighted by atomic mass is 10.2. The summed E-state index contributed by atoms with van der Waals surface area (Å²) in [7, 11) is 0. The van der Waals surface area contributed by atoms with Crippen molar-refractivity contribution in [3.05, 3.63) is 96.2 Å². The van der Waals surface area contributed by atoms with E-state index in [1.807, 2.05) is 66.7 Å². The summed E-state index contributed by atoms with van der Waals surface area (Å²) in [5.74, 6) is 0.298. The Morgan fingerprint density at radius 3 is 2.59 bits per heavy atom. The molecular weight excluding hydrogens is 404 g/mol. The molecule has 4 rings (SSSR count). The van der Waals surface area contributed by atoms with Crippen molar-refractivity contribution < 1.29 is 19.4 Å².